The van der Waals surface area contributed by atoms with E-state index in [1.807, 2.05) is 0 Å². The number of rotatable bonds is 7. The van der Waals surface area contributed by atoms with Crippen molar-refractivity contribution in [2.24, 2.45) is 5.73 Å². The Morgan fingerprint density at radius 3 is 2.25 bits per heavy atom. The summed E-state index contributed by atoms with van der Waals surface area (Å²) in [6.07, 6.45) is 7.18. The van der Waals surface area contributed by atoms with Crippen LogP contribution in [0.3, 0.4) is 0 Å². The van der Waals surface area contributed by atoms with Crippen LogP contribution >= 0.6 is 12.2 Å². The van der Waals surface area contributed by atoms with Gasteiger partial charge in [0.1, 0.15) is 0 Å². The van der Waals surface area contributed by atoms with E-state index in [4.69, 9.17) is 18.0 Å². The summed E-state index contributed by atoms with van der Waals surface area (Å²) < 4.78 is 0. The van der Waals surface area contributed by atoms with Crippen molar-refractivity contribution >= 4 is 17.2 Å². The molecule has 1 nitrogen and oxygen atoms in total. The topological polar surface area (TPSA) is 26.0 Å². The Labute approximate surface area is 104 Å². The van der Waals surface area contributed by atoms with Gasteiger partial charge in [0, 0.05) is 6.42 Å². The lowest BCUT2D eigenvalue weighted by atomic mass is 10.0. The molecule has 0 aromatic heterocycles. The van der Waals surface area contributed by atoms with Crippen LogP contribution in [0.25, 0.3) is 0 Å². The second-order valence-electron chi connectivity index (χ2n) is 4.27. The monoisotopic (exact) mass is 235 g/mol. The molecule has 0 heterocycles. The molecule has 2 N–H and O–H groups in total. The summed E-state index contributed by atoms with van der Waals surface area (Å²) in [4.78, 5) is 0.565. The van der Waals surface area contributed by atoms with Gasteiger partial charge in [0.15, 0.2) is 0 Å². The summed E-state index contributed by atoms with van der Waals surface area (Å²) in [6.45, 7) is 2.24. The van der Waals surface area contributed by atoms with Gasteiger partial charge in [-0.1, -0.05) is 62.7 Å². The molecule has 1 aromatic rings. The Morgan fingerprint density at radius 1 is 1.06 bits per heavy atom. The van der Waals surface area contributed by atoms with Crippen molar-refractivity contribution in [2.75, 3.05) is 0 Å². The smallest absolute Gasteiger partial charge is 0.0771 e. The van der Waals surface area contributed by atoms with Gasteiger partial charge >= 0.3 is 0 Å². The predicted octanol–water partition coefficient (Wildman–Crippen LogP) is 3.64. The standard InChI is InChI=1S/C14H21NS/c1-2-3-4-5-6-12-7-9-13(10-8-12)11-14(15)16/h7-10H,2-6,11H2,1H3,(H2,15,16). The van der Waals surface area contributed by atoms with Crippen molar-refractivity contribution in [1.29, 1.82) is 0 Å². The molecule has 0 radical (unpaired) electrons. The van der Waals surface area contributed by atoms with E-state index in [2.05, 4.69) is 31.2 Å². The maximum Gasteiger partial charge on any atom is 0.0771 e. The quantitative estimate of drug-likeness (QED) is 0.577. The van der Waals surface area contributed by atoms with Crippen LogP contribution in [0.1, 0.15) is 43.7 Å². The lowest BCUT2D eigenvalue weighted by molar-refractivity contribution is 0.667. The highest BCUT2D eigenvalue weighted by molar-refractivity contribution is 7.80. The zero-order valence-corrected chi connectivity index (χ0v) is 10.9. The first-order valence-electron chi connectivity index (χ1n) is 6.08. The average molecular weight is 235 g/mol. The summed E-state index contributed by atoms with van der Waals surface area (Å²) in [5.41, 5.74) is 8.14. The van der Waals surface area contributed by atoms with Crippen LogP contribution in [0.5, 0.6) is 0 Å². The molecule has 88 valence electrons. The van der Waals surface area contributed by atoms with Crippen molar-refractivity contribution in [2.45, 2.75) is 45.4 Å². The van der Waals surface area contributed by atoms with Gasteiger partial charge in [0.25, 0.3) is 0 Å². The van der Waals surface area contributed by atoms with Crippen LogP contribution < -0.4 is 5.73 Å². The number of unbranched alkanes of at least 4 members (excludes halogenated alkanes) is 3. The first-order valence-corrected chi connectivity index (χ1v) is 6.49. The molecule has 0 saturated heterocycles. The van der Waals surface area contributed by atoms with Gasteiger partial charge in [0.05, 0.1) is 4.99 Å². The summed E-state index contributed by atoms with van der Waals surface area (Å²) in [6, 6.07) is 8.65. The summed E-state index contributed by atoms with van der Waals surface area (Å²) in [5, 5.41) is 0. The molecule has 0 fully saturated rings. The summed E-state index contributed by atoms with van der Waals surface area (Å²) >= 11 is 4.89. The minimum atomic E-state index is 0.565. The van der Waals surface area contributed by atoms with Gasteiger partial charge in [0.2, 0.25) is 0 Å². The van der Waals surface area contributed by atoms with Gasteiger partial charge in [-0.3, -0.25) is 0 Å². The van der Waals surface area contributed by atoms with E-state index < -0.39 is 0 Å². The number of hydrogen-bond donors (Lipinski definition) is 1. The molecule has 0 amide bonds. The highest BCUT2D eigenvalue weighted by Gasteiger charge is 1.97. The van der Waals surface area contributed by atoms with Crippen molar-refractivity contribution in [3.8, 4) is 0 Å². The second-order valence-corrected chi connectivity index (χ2v) is 4.79. The van der Waals surface area contributed by atoms with E-state index in [0.29, 0.717) is 11.4 Å². The summed E-state index contributed by atoms with van der Waals surface area (Å²) in [7, 11) is 0. The summed E-state index contributed by atoms with van der Waals surface area (Å²) in [5.74, 6) is 0. The minimum Gasteiger partial charge on any atom is -0.393 e. The van der Waals surface area contributed by atoms with E-state index in [-0.39, 0.29) is 0 Å². The zero-order valence-electron chi connectivity index (χ0n) is 10.0. The van der Waals surface area contributed by atoms with Crippen LogP contribution in [-0.2, 0) is 12.8 Å². The molecule has 1 aromatic carbocycles. The van der Waals surface area contributed by atoms with E-state index >= 15 is 0 Å². The number of aryl methyl sites for hydroxylation is 1. The van der Waals surface area contributed by atoms with Crippen LogP contribution in [0.4, 0.5) is 0 Å². The third kappa shape index (κ3) is 5.26. The highest BCUT2D eigenvalue weighted by atomic mass is 32.1. The second kappa shape index (κ2) is 7.39. The van der Waals surface area contributed by atoms with Gasteiger partial charge in [-0.25, -0.2) is 0 Å². The molecule has 0 saturated carbocycles. The number of hydrogen-bond acceptors (Lipinski definition) is 1. The Morgan fingerprint density at radius 2 is 1.69 bits per heavy atom. The molecular weight excluding hydrogens is 214 g/mol. The Kier molecular flexibility index (Phi) is 6.09. The maximum atomic E-state index is 5.51. The van der Waals surface area contributed by atoms with Gasteiger partial charge < -0.3 is 5.73 Å². The maximum absolute atomic E-state index is 5.51. The van der Waals surface area contributed by atoms with Crippen molar-refractivity contribution in [3.05, 3.63) is 35.4 Å². The SMILES string of the molecule is CCCCCCc1ccc(CC(N)=S)cc1. The van der Waals surface area contributed by atoms with Crippen LogP contribution in [0, 0.1) is 0 Å². The first kappa shape index (κ1) is 13.2. The Bertz CT molecular complexity index is 316. The zero-order chi connectivity index (χ0) is 11.8. The predicted molar refractivity (Wildman–Crippen MR) is 74.8 cm³/mol. The molecule has 2 heteroatoms. The fourth-order valence-electron chi connectivity index (χ4n) is 1.78. The Hall–Kier alpha value is -0.890. The van der Waals surface area contributed by atoms with Crippen LogP contribution in [0.15, 0.2) is 24.3 Å². The number of thiocarbonyl (C=S) groups is 1. The average Bonchev–Trinajstić information content (AvgIpc) is 2.26. The van der Waals surface area contributed by atoms with Crippen molar-refractivity contribution in [1.82, 2.24) is 0 Å². The van der Waals surface area contributed by atoms with E-state index in [9.17, 15) is 0 Å². The molecule has 0 aliphatic carbocycles. The third-order valence-electron chi connectivity index (χ3n) is 2.72. The lowest BCUT2D eigenvalue weighted by Gasteiger charge is -2.03. The van der Waals surface area contributed by atoms with E-state index in [1.165, 1.54) is 43.2 Å². The van der Waals surface area contributed by atoms with Crippen molar-refractivity contribution in [3.63, 3.8) is 0 Å². The first-order chi connectivity index (χ1) is 7.72. The van der Waals surface area contributed by atoms with Crippen LogP contribution in [-0.4, -0.2) is 4.99 Å². The third-order valence-corrected chi connectivity index (χ3v) is 2.86. The molecule has 0 spiro atoms. The Balaban J connectivity index is 2.36. The van der Waals surface area contributed by atoms with Crippen molar-refractivity contribution < 1.29 is 0 Å². The largest absolute Gasteiger partial charge is 0.393 e. The molecule has 0 unspecified atom stereocenters. The number of benzene rings is 1. The molecule has 0 aliphatic heterocycles. The van der Waals surface area contributed by atoms with Crippen LogP contribution in [0.2, 0.25) is 0 Å². The lowest BCUT2D eigenvalue weighted by Crippen LogP contribution is -2.10. The number of nitrogens with two attached hydrogens (primary N) is 1. The van der Waals surface area contributed by atoms with E-state index in [0.717, 1.165) is 0 Å². The van der Waals surface area contributed by atoms with Gasteiger partial charge in [-0.15, -0.1) is 0 Å². The molecular formula is C14H21NS. The normalized spacial score (nSPS) is 10.3. The fourth-order valence-corrected chi connectivity index (χ4v) is 1.95. The molecule has 0 bridgehead atoms. The molecule has 1 rings (SSSR count). The van der Waals surface area contributed by atoms with E-state index in [1.54, 1.807) is 0 Å². The minimum absolute atomic E-state index is 0.565. The molecule has 0 aliphatic rings. The molecule has 0 atom stereocenters. The fraction of sp³-hybridized carbons (Fsp3) is 0.500. The molecule has 16 heavy (non-hydrogen) atoms. The van der Waals surface area contributed by atoms with Gasteiger partial charge in [-0.2, -0.15) is 0 Å². The van der Waals surface area contributed by atoms with Gasteiger partial charge in [-0.05, 0) is 24.0 Å². The highest BCUT2D eigenvalue weighted by Crippen LogP contribution is 2.10.